The van der Waals surface area contributed by atoms with E-state index in [1.807, 2.05) is 12.1 Å². The largest absolute Gasteiger partial charge is 0.475 e. The van der Waals surface area contributed by atoms with Crippen molar-refractivity contribution in [1.82, 2.24) is 15.0 Å². The lowest BCUT2D eigenvalue weighted by atomic mass is 10.2. The Morgan fingerprint density at radius 2 is 2.05 bits per heavy atom. The van der Waals surface area contributed by atoms with Crippen molar-refractivity contribution in [3.8, 4) is 0 Å². The standard InChI is InChI=1S/C13H13N3O4/c1-16(7-4-9-2-5-14-6-3-9)12(17)10-8-11(13(18)19)20-15-10/h2-3,5-6,8H,4,7H2,1H3,(H,18,19). The fourth-order valence-electron chi connectivity index (χ4n) is 1.62. The maximum atomic E-state index is 12.0. The minimum absolute atomic E-state index is 0.0142. The number of pyridine rings is 1. The first kappa shape index (κ1) is 13.7. The highest BCUT2D eigenvalue weighted by Gasteiger charge is 2.19. The summed E-state index contributed by atoms with van der Waals surface area (Å²) in [5.74, 6) is -1.98. The molecule has 0 bridgehead atoms. The van der Waals surface area contributed by atoms with Crippen LogP contribution in [-0.2, 0) is 6.42 Å². The number of hydrogen-bond acceptors (Lipinski definition) is 5. The molecule has 2 aromatic heterocycles. The first-order valence-electron chi connectivity index (χ1n) is 5.92. The van der Waals surface area contributed by atoms with E-state index in [1.54, 1.807) is 19.4 Å². The van der Waals surface area contributed by atoms with Gasteiger partial charge in [-0.25, -0.2) is 4.79 Å². The van der Waals surface area contributed by atoms with Crippen LogP contribution in [-0.4, -0.2) is 45.6 Å². The van der Waals surface area contributed by atoms with E-state index in [2.05, 4.69) is 14.7 Å². The van der Waals surface area contributed by atoms with Crippen molar-refractivity contribution in [3.63, 3.8) is 0 Å². The molecule has 2 aromatic rings. The average molecular weight is 275 g/mol. The summed E-state index contributed by atoms with van der Waals surface area (Å²) in [6.45, 7) is 0.484. The Hall–Kier alpha value is -2.70. The molecule has 20 heavy (non-hydrogen) atoms. The van der Waals surface area contributed by atoms with Gasteiger partial charge in [0.2, 0.25) is 5.76 Å². The number of carbonyl (C=O) groups excluding carboxylic acids is 1. The molecular weight excluding hydrogens is 262 g/mol. The minimum atomic E-state index is -1.25. The third-order valence-corrected chi connectivity index (χ3v) is 2.77. The molecule has 7 heteroatoms. The van der Waals surface area contributed by atoms with Crippen LogP contribution in [0, 0.1) is 0 Å². The van der Waals surface area contributed by atoms with Crippen molar-refractivity contribution in [2.75, 3.05) is 13.6 Å². The fourth-order valence-corrected chi connectivity index (χ4v) is 1.62. The summed E-state index contributed by atoms with van der Waals surface area (Å²) in [7, 11) is 1.62. The quantitative estimate of drug-likeness (QED) is 0.877. The predicted molar refractivity (Wildman–Crippen MR) is 68.4 cm³/mol. The van der Waals surface area contributed by atoms with E-state index in [-0.39, 0.29) is 17.4 Å². The molecule has 0 aliphatic heterocycles. The molecule has 0 fully saturated rings. The zero-order chi connectivity index (χ0) is 14.5. The van der Waals surface area contributed by atoms with Gasteiger partial charge in [0, 0.05) is 32.1 Å². The first-order valence-corrected chi connectivity index (χ1v) is 5.92. The fraction of sp³-hybridized carbons (Fsp3) is 0.231. The highest BCUT2D eigenvalue weighted by Crippen LogP contribution is 2.07. The van der Waals surface area contributed by atoms with E-state index in [9.17, 15) is 9.59 Å². The highest BCUT2D eigenvalue weighted by atomic mass is 16.5. The maximum Gasteiger partial charge on any atom is 0.374 e. The molecule has 7 nitrogen and oxygen atoms in total. The molecule has 0 saturated heterocycles. The lowest BCUT2D eigenvalue weighted by Crippen LogP contribution is -2.29. The molecule has 0 spiro atoms. The molecule has 0 unspecified atom stereocenters. The van der Waals surface area contributed by atoms with Gasteiger partial charge in [0.15, 0.2) is 5.69 Å². The molecule has 0 aliphatic carbocycles. The van der Waals surface area contributed by atoms with Crippen molar-refractivity contribution in [3.05, 3.63) is 47.6 Å². The van der Waals surface area contributed by atoms with Gasteiger partial charge in [0.1, 0.15) is 0 Å². The van der Waals surface area contributed by atoms with Crippen molar-refractivity contribution in [2.45, 2.75) is 6.42 Å². The van der Waals surface area contributed by atoms with Crippen LogP contribution >= 0.6 is 0 Å². The molecular formula is C13H13N3O4. The molecule has 2 heterocycles. The van der Waals surface area contributed by atoms with E-state index in [4.69, 9.17) is 5.11 Å². The number of carboxylic acid groups (broad SMARTS) is 1. The second kappa shape index (κ2) is 5.96. The maximum absolute atomic E-state index is 12.0. The second-order valence-corrected chi connectivity index (χ2v) is 4.21. The number of carboxylic acids is 1. The van der Waals surface area contributed by atoms with Gasteiger partial charge in [-0.15, -0.1) is 0 Å². The van der Waals surface area contributed by atoms with Crippen molar-refractivity contribution < 1.29 is 19.2 Å². The lowest BCUT2D eigenvalue weighted by Gasteiger charge is -2.15. The van der Waals surface area contributed by atoms with E-state index >= 15 is 0 Å². The van der Waals surface area contributed by atoms with E-state index in [0.717, 1.165) is 11.6 Å². The molecule has 1 N–H and O–H groups in total. The third-order valence-electron chi connectivity index (χ3n) is 2.77. The van der Waals surface area contributed by atoms with Crippen LogP contribution in [0.5, 0.6) is 0 Å². The molecule has 0 radical (unpaired) electrons. The Balaban J connectivity index is 1.96. The summed E-state index contributed by atoms with van der Waals surface area (Å²) in [6.07, 6.45) is 4.05. The van der Waals surface area contributed by atoms with Crippen LogP contribution in [0.1, 0.15) is 26.6 Å². The Kier molecular flexibility index (Phi) is 4.09. The second-order valence-electron chi connectivity index (χ2n) is 4.21. The first-order chi connectivity index (χ1) is 9.58. The van der Waals surface area contributed by atoms with Gasteiger partial charge >= 0.3 is 5.97 Å². The van der Waals surface area contributed by atoms with Crippen LogP contribution in [0.3, 0.4) is 0 Å². The number of rotatable bonds is 5. The van der Waals surface area contributed by atoms with Crippen molar-refractivity contribution >= 4 is 11.9 Å². The lowest BCUT2D eigenvalue weighted by molar-refractivity contribution is 0.0649. The number of carbonyl (C=O) groups is 2. The Morgan fingerprint density at radius 1 is 1.35 bits per heavy atom. The van der Waals surface area contributed by atoms with Gasteiger partial charge < -0.3 is 14.5 Å². The summed E-state index contributed by atoms with van der Waals surface area (Å²) >= 11 is 0. The monoisotopic (exact) mass is 275 g/mol. The van der Waals surface area contributed by atoms with Crippen LogP contribution in [0.2, 0.25) is 0 Å². The summed E-state index contributed by atoms with van der Waals surface area (Å²) in [4.78, 5) is 28.0. The topological polar surface area (TPSA) is 96.5 Å². The van der Waals surface area contributed by atoms with Gasteiger partial charge in [-0.05, 0) is 24.1 Å². The van der Waals surface area contributed by atoms with Gasteiger partial charge in [-0.1, -0.05) is 5.16 Å². The molecule has 2 rings (SSSR count). The Morgan fingerprint density at radius 3 is 2.65 bits per heavy atom. The normalized spacial score (nSPS) is 10.2. The van der Waals surface area contributed by atoms with Crippen LogP contribution < -0.4 is 0 Å². The van der Waals surface area contributed by atoms with E-state index in [0.29, 0.717) is 13.0 Å². The summed E-state index contributed by atoms with van der Waals surface area (Å²) in [5.41, 5.74) is 1.05. The number of likely N-dealkylation sites (N-methyl/N-ethyl adjacent to an activating group) is 1. The smallest absolute Gasteiger partial charge is 0.374 e. The van der Waals surface area contributed by atoms with Gasteiger partial charge in [-0.3, -0.25) is 9.78 Å². The zero-order valence-electron chi connectivity index (χ0n) is 10.8. The molecule has 0 aromatic carbocycles. The predicted octanol–water partition coefficient (Wildman–Crippen LogP) is 1.08. The molecule has 1 amide bonds. The highest BCUT2D eigenvalue weighted by molar-refractivity contribution is 5.94. The molecule has 0 atom stereocenters. The average Bonchev–Trinajstić information content (AvgIpc) is 2.95. The Labute approximate surface area is 114 Å². The number of hydrogen-bond donors (Lipinski definition) is 1. The van der Waals surface area contributed by atoms with Crippen LogP contribution in [0.4, 0.5) is 0 Å². The van der Waals surface area contributed by atoms with Crippen molar-refractivity contribution in [2.24, 2.45) is 0 Å². The number of nitrogens with zero attached hydrogens (tertiary/aromatic N) is 3. The van der Waals surface area contributed by atoms with Gasteiger partial charge in [-0.2, -0.15) is 0 Å². The van der Waals surface area contributed by atoms with Gasteiger partial charge in [0.25, 0.3) is 5.91 Å². The summed E-state index contributed by atoms with van der Waals surface area (Å²) in [6, 6.07) is 4.86. The summed E-state index contributed by atoms with van der Waals surface area (Å²) < 4.78 is 4.55. The number of aromatic nitrogens is 2. The minimum Gasteiger partial charge on any atom is -0.475 e. The van der Waals surface area contributed by atoms with E-state index in [1.165, 1.54) is 4.90 Å². The zero-order valence-corrected chi connectivity index (χ0v) is 10.8. The number of aromatic carboxylic acids is 1. The van der Waals surface area contributed by atoms with E-state index < -0.39 is 5.97 Å². The molecule has 0 saturated carbocycles. The van der Waals surface area contributed by atoms with Crippen molar-refractivity contribution in [1.29, 1.82) is 0 Å². The molecule has 0 aliphatic rings. The van der Waals surface area contributed by atoms with Crippen LogP contribution in [0.25, 0.3) is 0 Å². The number of amides is 1. The van der Waals surface area contributed by atoms with Gasteiger partial charge in [0.05, 0.1) is 0 Å². The third kappa shape index (κ3) is 3.19. The Bertz CT molecular complexity index is 609. The SMILES string of the molecule is CN(CCc1ccncc1)C(=O)c1cc(C(=O)O)on1. The van der Waals surface area contributed by atoms with Crippen LogP contribution in [0.15, 0.2) is 35.1 Å². The molecule has 104 valence electrons. The summed E-state index contributed by atoms with van der Waals surface area (Å²) in [5, 5.41) is 12.2.